The first kappa shape index (κ1) is 15.1. The van der Waals surface area contributed by atoms with Crippen LogP contribution in [0.1, 0.15) is 10.5 Å². The lowest BCUT2D eigenvalue weighted by molar-refractivity contribution is 0.102. The lowest BCUT2D eigenvalue weighted by Gasteiger charge is -2.08. The van der Waals surface area contributed by atoms with Crippen molar-refractivity contribution in [3.05, 3.63) is 45.4 Å². The summed E-state index contributed by atoms with van der Waals surface area (Å²) in [6, 6.07) is 3.00. The normalized spacial score (nSPS) is 10.6. The standard InChI is InChI=1S/C12H11Cl3N4O/c13-7-3-8(14)11(9(15)4-7)18-12(20)10-5-19(2-1-16)6-17-10/h3-6H,1-2,16H2,(H,18,20). The second kappa shape index (κ2) is 6.45. The third-order valence-corrected chi connectivity index (χ3v) is 3.31. The van der Waals surface area contributed by atoms with Crippen LogP contribution in [0.5, 0.6) is 0 Å². The van der Waals surface area contributed by atoms with Crippen LogP contribution >= 0.6 is 34.8 Å². The average molecular weight is 334 g/mol. The molecule has 2 rings (SSSR count). The average Bonchev–Trinajstić information content (AvgIpc) is 2.82. The summed E-state index contributed by atoms with van der Waals surface area (Å²) in [5, 5.41) is 3.53. The van der Waals surface area contributed by atoms with E-state index in [9.17, 15) is 4.79 Å². The molecule has 8 heteroatoms. The molecule has 0 atom stereocenters. The van der Waals surface area contributed by atoms with Gasteiger partial charge in [-0.05, 0) is 12.1 Å². The van der Waals surface area contributed by atoms with Crippen molar-refractivity contribution in [2.75, 3.05) is 11.9 Å². The maximum Gasteiger partial charge on any atom is 0.275 e. The van der Waals surface area contributed by atoms with Gasteiger partial charge in [-0.2, -0.15) is 0 Å². The second-order valence-corrected chi connectivity index (χ2v) is 5.23. The smallest absolute Gasteiger partial charge is 0.275 e. The molecular weight excluding hydrogens is 323 g/mol. The summed E-state index contributed by atoms with van der Waals surface area (Å²) in [4.78, 5) is 16.0. The van der Waals surface area contributed by atoms with E-state index in [2.05, 4.69) is 10.3 Å². The number of halogens is 3. The molecule has 0 aliphatic carbocycles. The number of anilines is 1. The maximum absolute atomic E-state index is 12.1. The number of carbonyl (C=O) groups is 1. The van der Waals surface area contributed by atoms with Crippen molar-refractivity contribution in [2.24, 2.45) is 5.73 Å². The van der Waals surface area contributed by atoms with Gasteiger partial charge in [-0.3, -0.25) is 4.79 Å². The van der Waals surface area contributed by atoms with E-state index in [4.69, 9.17) is 40.5 Å². The molecule has 0 fully saturated rings. The largest absolute Gasteiger partial charge is 0.335 e. The molecule has 5 nitrogen and oxygen atoms in total. The molecular formula is C12H11Cl3N4O. The number of hydrogen-bond acceptors (Lipinski definition) is 3. The van der Waals surface area contributed by atoms with E-state index in [1.54, 1.807) is 10.8 Å². The van der Waals surface area contributed by atoms with Gasteiger partial charge in [-0.1, -0.05) is 34.8 Å². The minimum absolute atomic E-state index is 0.250. The zero-order valence-electron chi connectivity index (χ0n) is 10.2. The fourth-order valence-electron chi connectivity index (χ4n) is 1.59. The SMILES string of the molecule is NCCn1cnc(C(=O)Nc2c(Cl)cc(Cl)cc2Cl)c1. The quantitative estimate of drug-likeness (QED) is 0.903. The first-order chi connectivity index (χ1) is 9.51. The number of imidazole rings is 1. The highest BCUT2D eigenvalue weighted by Gasteiger charge is 2.14. The minimum atomic E-state index is -0.410. The highest BCUT2D eigenvalue weighted by molar-refractivity contribution is 6.42. The molecule has 1 aromatic carbocycles. The number of nitrogens with zero attached hydrogens (tertiary/aromatic N) is 2. The van der Waals surface area contributed by atoms with Crippen LogP contribution in [0.4, 0.5) is 5.69 Å². The number of benzene rings is 1. The molecule has 1 amide bonds. The number of nitrogens with one attached hydrogen (secondary N) is 1. The molecule has 20 heavy (non-hydrogen) atoms. The van der Waals surface area contributed by atoms with Crippen LogP contribution in [-0.4, -0.2) is 22.0 Å². The van der Waals surface area contributed by atoms with E-state index in [1.165, 1.54) is 18.5 Å². The summed E-state index contributed by atoms with van der Waals surface area (Å²) < 4.78 is 1.72. The maximum atomic E-state index is 12.1. The van der Waals surface area contributed by atoms with E-state index in [0.29, 0.717) is 23.8 Å². The fraction of sp³-hybridized carbons (Fsp3) is 0.167. The van der Waals surface area contributed by atoms with Gasteiger partial charge in [0.25, 0.3) is 5.91 Å². The van der Waals surface area contributed by atoms with E-state index in [1.807, 2.05) is 0 Å². The number of aromatic nitrogens is 2. The van der Waals surface area contributed by atoms with Crippen LogP contribution in [0.15, 0.2) is 24.7 Å². The summed E-state index contributed by atoms with van der Waals surface area (Å²) in [6.45, 7) is 1.05. The van der Waals surface area contributed by atoms with Crippen molar-refractivity contribution >= 4 is 46.4 Å². The van der Waals surface area contributed by atoms with Gasteiger partial charge < -0.3 is 15.6 Å². The lowest BCUT2D eigenvalue weighted by Crippen LogP contribution is -2.13. The Morgan fingerprint density at radius 1 is 1.30 bits per heavy atom. The van der Waals surface area contributed by atoms with Crippen molar-refractivity contribution in [3.63, 3.8) is 0 Å². The van der Waals surface area contributed by atoms with Crippen LogP contribution in [-0.2, 0) is 6.54 Å². The third-order valence-electron chi connectivity index (χ3n) is 2.50. The Hall–Kier alpha value is -1.27. The van der Waals surface area contributed by atoms with Gasteiger partial charge >= 0.3 is 0 Å². The molecule has 0 radical (unpaired) electrons. The van der Waals surface area contributed by atoms with Gasteiger partial charge in [-0.25, -0.2) is 4.98 Å². The van der Waals surface area contributed by atoms with Crippen molar-refractivity contribution in [2.45, 2.75) is 6.54 Å². The monoisotopic (exact) mass is 332 g/mol. The first-order valence-electron chi connectivity index (χ1n) is 5.69. The molecule has 2 aromatic rings. The van der Waals surface area contributed by atoms with Crippen LogP contribution in [0, 0.1) is 0 Å². The van der Waals surface area contributed by atoms with Gasteiger partial charge in [-0.15, -0.1) is 0 Å². The Balaban J connectivity index is 2.19. The van der Waals surface area contributed by atoms with Crippen LogP contribution < -0.4 is 11.1 Å². The van der Waals surface area contributed by atoms with Gasteiger partial charge in [0, 0.05) is 24.3 Å². The molecule has 0 unspecified atom stereocenters. The summed E-state index contributed by atoms with van der Waals surface area (Å²) in [7, 11) is 0. The third kappa shape index (κ3) is 3.43. The van der Waals surface area contributed by atoms with Crippen LogP contribution in [0.3, 0.4) is 0 Å². The summed E-state index contributed by atoms with van der Waals surface area (Å²) in [6.07, 6.45) is 3.13. The van der Waals surface area contributed by atoms with Crippen molar-refractivity contribution in [3.8, 4) is 0 Å². The van der Waals surface area contributed by atoms with Gasteiger partial charge in [0.15, 0.2) is 0 Å². The molecule has 1 heterocycles. The summed E-state index contributed by atoms with van der Waals surface area (Å²) in [5.41, 5.74) is 5.98. The second-order valence-electron chi connectivity index (χ2n) is 3.98. The van der Waals surface area contributed by atoms with Crippen molar-refractivity contribution in [1.29, 1.82) is 0 Å². The Morgan fingerprint density at radius 3 is 2.55 bits per heavy atom. The Labute approximate surface area is 130 Å². The zero-order chi connectivity index (χ0) is 14.7. The predicted molar refractivity (Wildman–Crippen MR) is 80.7 cm³/mol. The molecule has 0 spiro atoms. The van der Waals surface area contributed by atoms with E-state index < -0.39 is 5.91 Å². The highest BCUT2D eigenvalue weighted by Crippen LogP contribution is 2.33. The van der Waals surface area contributed by atoms with E-state index in [-0.39, 0.29) is 15.7 Å². The molecule has 3 N–H and O–H groups in total. The van der Waals surface area contributed by atoms with Crippen LogP contribution in [0.2, 0.25) is 15.1 Å². The van der Waals surface area contributed by atoms with E-state index >= 15 is 0 Å². The van der Waals surface area contributed by atoms with Gasteiger partial charge in [0.2, 0.25) is 0 Å². The summed E-state index contributed by atoms with van der Waals surface area (Å²) >= 11 is 17.8. The molecule has 0 bridgehead atoms. The number of amides is 1. The zero-order valence-corrected chi connectivity index (χ0v) is 12.5. The van der Waals surface area contributed by atoms with Crippen molar-refractivity contribution in [1.82, 2.24) is 9.55 Å². The van der Waals surface area contributed by atoms with E-state index in [0.717, 1.165) is 0 Å². The molecule has 106 valence electrons. The number of rotatable bonds is 4. The Morgan fingerprint density at radius 2 is 1.95 bits per heavy atom. The minimum Gasteiger partial charge on any atom is -0.335 e. The first-order valence-corrected chi connectivity index (χ1v) is 6.82. The van der Waals surface area contributed by atoms with Crippen molar-refractivity contribution < 1.29 is 4.79 Å². The summed E-state index contributed by atoms with van der Waals surface area (Å²) in [5.74, 6) is -0.410. The van der Waals surface area contributed by atoms with Crippen LogP contribution in [0.25, 0.3) is 0 Å². The molecule has 1 aromatic heterocycles. The fourth-order valence-corrected chi connectivity index (χ4v) is 2.50. The lowest BCUT2D eigenvalue weighted by atomic mass is 10.3. The number of nitrogens with two attached hydrogens (primary N) is 1. The Kier molecular flexibility index (Phi) is 4.88. The molecule has 0 aliphatic rings. The topological polar surface area (TPSA) is 72.9 Å². The number of carbonyl (C=O) groups excluding carboxylic acids is 1. The highest BCUT2D eigenvalue weighted by atomic mass is 35.5. The Bertz CT molecular complexity index is 618. The molecule has 0 aliphatic heterocycles. The number of hydrogen-bond donors (Lipinski definition) is 2. The molecule has 0 saturated carbocycles. The molecule has 0 saturated heterocycles. The van der Waals surface area contributed by atoms with Gasteiger partial charge in [0.05, 0.1) is 22.1 Å². The predicted octanol–water partition coefficient (Wildman–Crippen LogP) is 3.05. The van der Waals surface area contributed by atoms with Gasteiger partial charge in [0.1, 0.15) is 5.69 Å².